The van der Waals surface area contributed by atoms with Crippen LogP contribution in [0.1, 0.15) is 46.6 Å². The average Bonchev–Trinajstić information content (AvgIpc) is 2.75. The maximum Gasteiger partial charge on any atom is 0.124 e. The number of hydrogen-bond acceptors (Lipinski definition) is 4. The standard InChI is InChI=1S/C18H22N2O2S/c1-13-16(18(21)22)23-17(19-13)15-8-6-7-14(11-15)12-20-9-4-2-3-5-10-20/h6-8,11H,2-5,9-10,12H2,1H3,(H,21,22). The van der Waals surface area contributed by atoms with Gasteiger partial charge in [-0.1, -0.05) is 18.2 Å². The molecule has 0 atom stereocenters. The highest BCUT2D eigenvalue weighted by Gasteiger charge is 2.14. The summed E-state index contributed by atoms with van der Waals surface area (Å²) in [6.45, 7) is 5.24. The first kappa shape index (κ1) is 16.1. The fourth-order valence-electron chi connectivity index (χ4n) is 3.22. The molecule has 122 valence electrons. The molecule has 0 saturated carbocycles. The fourth-order valence-corrected chi connectivity index (χ4v) is 4.12. The maximum absolute atomic E-state index is 11.1. The topological polar surface area (TPSA) is 57.5 Å². The molecule has 0 radical (unpaired) electrons. The van der Waals surface area contributed by atoms with Gasteiger partial charge in [0.25, 0.3) is 0 Å². The van der Waals surface area contributed by atoms with Gasteiger partial charge in [-0.05, 0) is 38.7 Å². The van der Waals surface area contributed by atoms with Gasteiger partial charge < -0.3 is 14.8 Å². The molecule has 2 heterocycles. The van der Waals surface area contributed by atoms with Gasteiger partial charge in [-0.2, -0.15) is 0 Å². The summed E-state index contributed by atoms with van der Waals surface area (Å²) in [6.07, 6.45) is 5.34. The van der Waals surface area contributed by atoms with E-state index in [1.807, 2.05) is 12.1 Å². The zero-order valence-corrected chi connectivity index (χ0v) is 14.2. The van der Waals surface area contributed by atoms with Crippen LogP contribution in [-0.2, 0) is 6.54 Å². The number of carboxylic acid groups (broad SMARTS) is 1. The second-order valence-electron chi connectivity index (χ2n) is 6.26. The van der Waals surface area contributed by atoms with Crippen LogP contribution >= 0.6 is 11.3 Å². The highest BCUT2D eigenvalue weighted by Crippen LogP contribution is 2.28. The first-order valence-electron chi connectivity index (χ1n) is 8.25. The summed E-state index contributed by atoms with van der Waals surface area (Å²) in [7, 11) is 0. The van der Waals surface area contributed by atoms with E-state index in [0.29, 0.717) is 5.69 Å². The molecule has 1 aliphatic rings. The van der Waals surface area contributed by atoms with Gasteiger partial charge in [0.1, 0.15) is 11.6 Å². The summed E-state index contributed by atoms with van der Waals surface area (Å²) >= 11 is 1.20. The molecule has 23 heavy (non-hydrogen) atoms. The molecule has 0 unspecified atom stereocenters. The lowest BCUT2D eigenvalue weighted by Gasteiger charge is -2.17. The van der Waals surface area contributed by atoms with Crippen LogP contribution in [0.5, 0.6) is 0 Å². The SMILES string of the molecule is Cc1nc(-c2cccc(C[NH+]3CCCCCC3)c2)sc1C(=O)[O-]. The molecule has 1 aromatic carbocycles. The number of quaternary nitrogens is 1. The Morgan fingerprint density at radius 2 is 2.00 bits per heavy atom. The van der Waals surface area contributed by atoms with Crippen LogP contribution in [0.25, 0.3) is 10.6 Å². The number of thiazole rings is 1. The van der Waals surface area contributed by atoms with E-state index in [4.69, 9.17) is 0 Å². The molecule has 1 fully saturated rings. The van der Waals surface area contributed by atoms with Gasteiger partial charge in [0.15, 0.2) is 0 Å². The van der Waals surface area contributed by atoms with E-state index in [9.17, 15) is 9.90 Å². The Bertz CT molecular complexity index is 688. The van der Waals surface area contributed by atoms with Crippen molar-refractivity contribution in [2.75, 3.05) is 13.1 Å². The zero-order valence-electron chi connectivity index (χ0n) is 13.4. The van der Waals surface area contributed by atoms with Crippen molar-refractivity contribution in [1.82, 2.24) is 4.98 Å². The second kappa shape index (κ2) is 7.23. The second-order valence-corrected chi connectivity index (χ2v) is 7.26. The Labute approximate surface area is 140 Å². The first-order valence-corrected chi connectivity index (χ1v) is 9.07. The van der Waals surface area contributed by atoms with Gasteiger partial charge in [-0.15, -0.1) is 11.3 Å². The number of nitrogens with zero attached hydrogens (tertiary/aromatic N) is 1. The van der Waals surface area contributed by atoms with Crippen molar-refractivity contribution < 1.29 is 14.8 Å². The zero-order chi connectivity index (χ0) is 16.2. The van der Waals surface area contributed by atoms with Crippen molar-refractivity contribution in [3.8, 4) is 10.6 Å². The molecule has 1 aromatic heterocycles. The number of hydrogen-bond donors (Lipinski definition) is 1. The highest BCUT2D eigenvalue weighted by atomic mass is 32.1. The van der Waals surface area contributed by atoms with E-state index >= 15 is 0 Å². The van der Waals surface area contributed by atoms with Crippen LogP contribution in [-0.4, -0.2) is 24.0 Å². The number of aromatic carboxylic acids is 1. The molecule has 1 N–H and O–H groups in total. The van der Waals surface area contributed by atoms with Gasteiger partial charge in [-0.3, -0.25) is 0 Å². The number of benzene rings is 1. The lowest BCUT2D eigenvalue weighted by molar-refractivity contribution is -0.913. The van der Waals surface area contributed by atoms with Crippen LogP contribution in [0.4, 0.5) is 0 Å². The summed E-state index contributed by atoms with van der Waals surface area (Å²) in [5.41, 5.74) is 2.83. The number of carbonyl (C=O) groups excluding carboxylic acids is 1. The summed E-state index contributed by atoms with van der Waals surface area (Å²) in [4.78, 5) is 17.3. The maximum atomic E-state index is 11.1. The number of carbonyl (C=O) groups is 1. The summed E-state index contributed by atoms with van der Waals surface area (Å²) in [5, 5.41) is 11.8. The molecule has 4 nitrogen and oxygen atoms in total. The molecule has 1 saturated heterocycles. The number of likely N-dealkylation sites (tertiary alicyclic amines) is 1. The molecular formula is C18H22N2O2S. The number of rotatable bonds is 4. The molecule has 3 rings (SSSR count). The summed E-state index contributed by atoms with van der Waals surface area (Å²) in [5.74, 6) is -1.14. The van der Waals surface area contributed by atoms with E-state index in [0.717, 1.165) is 17.1 Å². The Morgan fingerprint density at radius 3 is 2.65 bits per heavy atom. The molecule has 0 bridgehead atoms. The van der Waals surface area contributed by atoms with Crippen LogP contribution in [0.15, 0.2) is 24.3 Å². The van der Waals surface area contributed by atoms with Crippen LogP contribution < -0.4 is 10.0 Å². The Morgan fingerprint density at radius 1 is 1.26 bits per heavy atom. The van der Waals surface area contributed by atoms with Crippen LogP contribution in [0.3, 0.4) is 0 Å². The number of aryl methyl sites for hydroxylation is 1. The Kier molecular flexibility index (Phi) is 5.08. The number of nitrogens with one attached hydrogen (secondary N) is 1. The molecule has 0 amide bonds. The van der Waals surface area contributed by atoms with Gasteiger partial charge in [0, 0.05) is 11.1 Å². The lowest BCUT2D eigenvalue weighted by Crippen LogP contribution is -3.10. The van der Waals surface area contributed by atoms with Crippen molar-refractivity contribution in [3.63, 3.8) is 0 Å². The average molecular weight is 330 g/mol. The minimum atomic E-state index is -1.14. The highest BCUT2D eigenvalue weighted by molar-refractivity contribution is 7.17. The predicted octanol–water partition coefficient (Wildman–Crippen LogP) is 1.44. The van der Waals surface area contributed by atoms with Gasteiger partial charge in [0.05, 0.1) is 29.6 Å². The predicted molar refractivity (Wildman–Crippen MR) is 89.5 cm³/mol. The lowest BCUT2D eigenvalue weighted by atomic mass is 10.1. The number of aromatic nitrogens is 1. The fraction of sp³-hybridized carbons (Fsp3) is 0.444. The Hall–Kier alpha value is -1.72. The van der Waals surface area contributed by atoms with Gasteiger partial charge >= 0.3 is 0 Å². The van der Waals surface area contributed by atoms with Crippen molar-refractivity contribution in [2.45, 2.75) is 39.2 Å². The Balaban J connectivity index is 1.79. The van der Waals surface area contributed by atoms with Crippen molar-refractivity contribution in [3.05, 3.63) is 40.4 Å². The van der Waals surface area contributed by atoms with Gasteiger partial charge in [0.2, 0.25) is 0 Å². The van der Waals surface area contributed by atoms with E-state index in [1.54, 1.807) is 11.8 Å². The molecule has 0 spiro atoms. The van der Waals surface area contributed by atoms with Crippen molar-refractivity contribution in [1.29, 1.82) is 0 Å². The smallest absolute Gasteiger partial charge is 0.124 e. The largest absolute Gasteiger partial charge is 0.544 e. The minimum absolute atomic E-state index is 0.226. The van der Waals surface area contributed by atoms with Crippen molar-refractivity contribution in [2.24, 2.45) is 0 Å². The van der Waals surface area contributed by atoms with Crippen LogP contribution in [0, 0.1) is 6.92 Å². The summed E-state index contributed by atoms with van der Waals surface area (Å²) < 4.78 is 0. The molecule has 5 heteroatoms. The minimum Gasteiger partial charge on any atom is -0.544 e. The molecule has 2 aromatic rings. The first-order chi connectivity index (χ1) is 11.1. The third-order valence-corrected chi connectivity index (χ3v) is 5.61. The van der Waals surface area contributed by atoms with E-state index < -0.39 is 5.97 Å². The van der Waals surface area contributed by atoms with E-state index in [1.165, 1.54) is 55.7 Å². The molecule has 1 aliphatic heterocycles. The summed E-state index contributed by atoms with van der Waals surface area (Å²) in [6, 6.07) is 8.34. The van der Waals surface area contributed by atoms with E-state index in [-0.39, 0.29) is 4.88 Å². The number of carboxylic acids is 1. The third kappa shape index (κ3) is 3.98. The monoisotopic (exact) mass is 330 g/mol. The molecular weight excluding hydrogens is 308 g/mol. The molecule has 0 aliphatic carbocycles. The van der Waals surface area contributed by atoms with Gasteiger partial charge in [-0.25, -0.2) is 4.98 Å². The van der Waals surface area contributed by atoms with Crippen LogP contribution in [0.2, 0.25) is 0 Å². The van der Waals surface area contributed by atoms with Crippen molar-refractivity contribution >= 4 is 17.3 Å². The third-order valence-electron chi connectivity index (χ3n) is 4.42. The quantitative estimate of drug-likeness (QED) is 0.923. The normalized spacial score (nSPS) is 16.2. The van der Waals surface area contributed by atoms with E-state index in [2.05, 4.69) is 17.1 Å².